The van der Waals surface area contributed by atoms with Crippen molar-refractivity contribution in [2.75, 3.05) is 7.11 Å². The molecule has 0 spiro atoms. The van der Waals surface area contributed by atoms with Gasteiger partial charge in [-0.15, -0.1) is 0 Å². The fourth-order valence-electron chi connectivity index (χ4n) is 8.88. The first-order valence-electron chi connectivity index (χ1n) is 19.3. The van der Waals surface area contributed by atoms with E-state index in [9.17, 15) is 0 Å². The van der Waals surface area contributed by atoms with Crippen LogP contribution in [0, 0.1) is 6.92 Å². The fraction of sp³-hybridized carbons (Fsp3) is 0.255. The lowest BCUT2D eigenvalue weighted by atomic mass is 9.66. The summed E-state index contributed by atoms with van der Waals surface area (Å²) in [5, 5.41) is 2.59. The van der Waals surface area contributed by atoms with Crippen molar-refractivity contribution >= 4 is 27.4 Å². The highest BCUT2D eigenvalue weighted by Crippen LogP contribution is 2.52. The van der Waals surface area contributed by atoms with Crippen LogP contribution in [0.4, 0.5) is 0 Å². The van der Waals surface area contributed by atoms with Crippen molar-refractivity contribution < 1.29 is 4.74 Å². The summed E-state index contributed by atoms with van der Waals surface area (Å²) >= 11 is 0. The standard InChI is InChI=1S/C51H53NO/c1-9-12-20-40(36-18-14-13-15-19-36)37-23-26-39(27-24-37)52-48-30-25-38(41-28-29-42(41)43-21-16-17-22-50(43)53-8)32-45(48)44-31-35(5)47(33-49(44)52)51(6,7)46(11-3)34(4)10-2/h10-11,13-27,30-33,41-42H,2-3,9,12,28-29H2,1,4-8H3/b40-20-,46-34+. The molecule has 2 heteroatoms. The number of benzene rings is 5. The number of hydrogen-bond donors (Lipinski definition) is 0. The van der Waals surface area contributed by atoms with Crippen LogP contribution in [0.3, 0.4) is 0 Å². The summed E-state index contributed by atoms with van der Waals surface area (Å²) in [6.07, 6.45) is 10.9. The summed E-state index contributed by atoms with van der Waals surface area (Å²) in [4.78, 5) is 0. The minimum atomic E-state index is -0.267. The van der Waals surface area contributed by atoms with E-state index in [0.29, 0.717) is 11.8 Å². The zero-order valence-corrected chi connectivity index (χ0v) is 32.4. The quantitative estimate of drug-likeness (QED) is 0.116. The summed E-state index contributed by atoms with van der Waals surface area (Å²) in [6, 6.07) is 40.6. The molecule has 0 radical (unpaired) electrons. The molecule has 7 rings (SSSR count). The van der Waals surface area contributed by atoms with E-state index in [1.54, 1.807) is 7.11 Å². The zero-order chi connectivity index (χ0) is 37.3. The van der Waals surface area contributed by atoms with Crippen molar-refractivity contribution in [3.8, 4) is 11.4 Å². The lowest BCUT2D eigenvalue weighted by Crippen LogP contribution is -2.22. The molecule has 2 atom stereocenters. The second-order valence-electron chi connectivity index (χ2n) is 15.3. The Morgan fingerprint density at radius 2 is 1.47 bits per heavy atom. The molecule has 0 saturated heterocycles. The number of fused-ring (bicyclic) bond motifs is 3. The summed E-state index contributed by atoms with van der Waals surface area (Å²) in [6.45, 7) is 19.6. The number of methoxy groups -OCH3 is 1. The van der Waals surface area contributed by atoms with E-state index in [4.69, 9.17) is 4.74 Å². The Balaban J connectivity index is 1.41. The molecule has 1 aliphatic rings. The van der Waals surface area contributed by atoms with Gasteiger partial charge in [0.25, 0.3) is 0 Å². The van der Waals surface area contributed by atoms with Crippen molar-refractivity contribution in [3.63, 3.8) is 0 Å². The van der Waals surface area contributed by atoms with Crippen molar-refractivity contribution in [2.24, 2.45) is 0 Å². The van der Waals surface area contributed by atoms with Gasteiger partial charge < -0.3 is 9.30 Å². The largest absolute Gasteiger partial charge is 0.496 e. The molecule has 1 aliphatic carbocycles. The Kier molecular flexibility index (Phi) is 10.2. The van der Waals surface area contributed by atoms with Crippen LogP contribution in [0.15, 0.2) is 152 Å². The molecule has 0 bridgehead atoms. The van der Waals surface area contributed by atoms with Crippen LogP contribution in [0.2, 0.25) is 0 Å². The molecule has 6 aromatic rings. The fourth-order valence-corrected chi connectivity index (χ4v) is 8.88. The molecule has 0 N–H and O–H groups in total. The van der Waals surface area contributed by atoms with Crippen molar-refractivity contribution in [1.82, 2.24) is 4.57 Å². The Labute approximate surface area is 316 Å². The van der Waals surface area contributed by atoms with Crippen LogP contribution >= 0.6 is 0 Å². The Bertz CT molecular complexity index is 2360. The third-order valence-corrected chi connectivity index (χ3v) is 11.8. The lowest BCUT2D eigenvalue weighted by Gasteiger charge is -2.38. The molecule has 0 aliphatic heterocycles. The predicted octanol–water partition coefficient (Wildman–Crippen LogP) is 14.0. The highest BCUT2D eigenvalue weighted by molar-refractivity contribution is 6.10. The second-order valence-corrected chi connectivity index (χ2v) is 15.3. The number of hydrogen-bond acceptors (Lipinski definition) is 1. The first-order chi connectivity index (χ1) is 25.7. The highest BCUT2D eigenvalue weighted by atomic mass is 16.5. The van der Waals surface area contributed by atoms with E-state index < -0.39 is 0 Å². The van der Waals surface area contributed by atoms with Crippen LogP contribution in [0.1, 0.15) is 98.6 Å². The first-order valence-corrected chi connectivity index (χ1v) is 19.3. The maximum absolute atomic E-state index is 5.81. The Morgan fingerprint density at radius 3 is 2.13 bits per heavy atom. The maximum atomic E-state index is 5.81. The number of rotatable bonds is 12. The molecular weight excluding hydrogens is 643 g/mol. The van der Waals surface area contributed by atoms with Crippen LogP contribution in [0.25, 0.3) is 33.1 Å². The van der Waals surface area contributed by atoms with Gasteiger partial charge in [0, 0.05) is 21.9 Å². The Morgan fingerprint density at radius 1 is 0.792 bits per heavy atom. The average molecular weight is 696 g/mol. The molecule has 2 nitrogen and oxygen atoms in total. The summed E-state index contributed by atoms with van der Waals surface area (Å²) < 4.78 is 8.29. The number of aromatic nitrogens is 1. The van der Waals surface area contributed by atoms with Gasteiger partial charge in [0.1, 0.15) is 5.75 Å². The minimum absolute atomic E-state index is 0.267. The van der Waals surface area contributed by atoms with Gasteiger partial charge in [0.05, 0.1) is 18.1 Å². The highest BCUT2D eigenvalue weighted by Gasteiger charge is 2.35. The Hall–Kier alpha value is -5.34. The zero-order valence-electron chi connectivity index (χ0n) is 32.4. The predicted molar refractivity (Wildman–Crippen MR) is 228 cm³/mol. The molecule has 1 aromatic heterocycles. The number of para-hydroxylation sites is 1. The van der Waals surface area contributed by atoms with Crippen LogP contribution in [-0.4, -0.2) is 11.7 Å². The van der Waals surface area contributed by atoms with Crippen molar-refractivity contribution in [2.45, 2.75) is 77.6 Å². The molecule has 1 saturated carbocycles. The van der Waals surface area contributed by atoms with E-state index in [1.165, 1.54) is 79.2 Å². The SMILES string of the molecule is C=C/C(C)=C(\C=C)C(C)(C)c1cc2c(cc1C)c1cc(C3CCC3c3ccccc3OC)ccc1n2-c1ccc(/C(=C\CCC)c2ccccc2)cc1. The van der Waals surface area contributed by atoms with Gasteiger partial charge in [0.2, 0.25) is 0 Å². The van der Waals surface area contributed by atoms with Gasteiger partial charge in [-0.3, -0.25) is 0 Å². The van der Waals surface area contributed by atoms with E-state index in [2.05, 4.69) is 168 Å². The molecule has 53 heavy (non-hydrogen) atoms. The first kappa shape index (κ1) is 36.0. The van der Waals surface area contributed by atoms with Gasteiger partial charge in [-0.2, -0.15) is 0 Å². The normalized spacial score (nSPS) is 16.7. The molecule has 0 amide bonds. The number of ether oxygens (including phenoxy) is 1. The monoisotopic (exact) mass is 695 g/mol. The molecular formula is C51H53NO. The molecule has 1 heterocycles. The van der Waals surface area contributed by atoms with E-state index in [0.717, 1.165) is 29.9 Å². The lowest BCUT2D eigenvalue weighted by molar-refractivity contribution is 0.328. The van der Waals surface area contributed by atoms with Gasteiger partial charge in [0.15, 0.2) is 0 Å². The number of allylic oxidation sites excluding steroid dienone is 5. The minimum Gasteiger partial charge on any atom is -0.496 e. The van der Waals surface area contributed by atoms with Crippen molar-refractivity contribution in [1.29, 1.82) is 0 Å². The second kappa shape index (κ2) is 15.0. The van der Waals surface area contributed by atoms with Gasteiger partial charge in [-0.1, -0.05) is 125 Å². The third-order valence-electron chi connectivity index (χ3n) is 11.8. The van der Waals surface area contributed by atoms with E-state index >= 15 is 0 Å². The average Bonchev–Trinajstić information content (AvgIpc) is 3.47. The van der Waals surface area contributed by atoms with Crippen LogP contribution in [0.5, 0.6) is 5.75 Å². The maximum Gasteiger partial charge on any atom is 0.122 e. The number of unbranched alkanes of at least 4 members (excludes halogenated alkanes) is 1. The summed E-state index contributed by atoms with van der Waals surface area (Å²) in [7, 11) is 1.79. The molecule has 5 aromatic carbocycles. The third kappa shape index (κ3) is 6.50. The summed E-state index contributed by atoms with van der Waals surface area (Å²) in [5.41, 5.74) is 14.8. The number of aryl methyl sites for hydroxylation is 1. The molecule has 1 fully saturated rings. The number of nitrogens with zero attached hydrogens (tertiary/aromatic N) is 1. The van der Waals surface area contributed by atoms with Gasteiger partial charge in [-0.05, 0) is 138 Å². The van der Waals surface area contributed by atoms with E-state index in [1.807, 2.05) is 12.2 Å². The smallest absolute Gasteiger partial charge is 0.122 e. The van der Waals surface area contributed by atoms with Gasteiger partial charge >= 0.3 is 0 Å². The molecule has 2 unspecified atom stereocenters. The molecule has 268 valence electrons. The summed E-state index contributed by atoms with van der Waals surface area (Å²) in [5.74, 6) is 1.91. The van der Waals surface area contributed by atoms with Gasteiger partial charge in [-0.25, -0.2) is 0 Å². The van der Waals surface area contributed by atoms with Crippen LogP contribution in [-0.2, 0) is 5.41 Å². The topological polar surface area (TPSA) is 14.2 Å². The van der Waals surface area contributed by atoms with E-state index in [-0.39, 0.29) is 5.41 Å². The van der Waals surface area contributed by atoms with Crippen molar-refractivity contribution in [3.05, 3.63) is 185 Å². The van der Waals surface area contributed by atoms with Crippen LogP contribution < -0.4 is 4.74 Å².